The van der Waals surface area contributed by atoms with Crippen LogP contribution >= 0.6 is 0 Å². The molecule has 18 heavy (non-hydrogen) atoms. The van der Waals surface area contributed by atoms with Crippen molar-refractivity contribution in [3.8, 4) is 5.75 Å². The van der Waals surface area contributed by atoms with Crippen molar-refractivity contribution >= 4 is 0 Å². The fourth-order valence-electron chi connectivity index (χ4n) is 2.68. The van der Waals surface area contributed by atoms with Crippen molar-refractivity contribution in [2.75, 3.05) is 21.2 Å². The molecule has 0 aliphatic rings. The zero-order valence-corrected chi connectivity index (χ0v) is 12.7. The van der Waals surface area contributed by atoms with Crippen LogP contribution in [0.5, 0.6) is 5.75 Å². The van der Waals surface area contributed by atoms with Crippen LogP contribution < -0.4 is 10.5 Å². The molecule has 2 N–H and O–H groups in total. The third-order valence-electron chi connectivity index (χ3n) is 3.52. The van der Waals surface area contributed by atoms with Crippen LogP contribution in [0.2, 0.25) is 0 Å². The van der Waals surface area contributed by atoms with E-state index < -0.39 is 0 Å². The SMILES string of the molecule is COc1ccc(C(N(C)C)C(C)(C)N)c(C)c1C. The highest BCUT2D eigenvalue weighted by molar-refractivity contribution is 5.45. The van der Waals surface area contributed by atoms with E-state index in [0.29, 0.717) is 0 Å². The first kappa shape index (κ1) is 15.0. The molecule has 0 aliphatic carbocycles. The second-order valence-corrected chi connectivity index (χ2v) is 5.79. The van der Waals surface area contributed by atoms with E-state index >= 15 is 0 Å². The minimum atomic E-state index is -0.296. The van der Waals surface area contributed by atoms with E-state index in [0.717, 1.165) is 5.75 Å². The molecule has 0 amide bonds. The summed E-state index contributed by atoms with van der Waals surface area (Å²) in [4.78, 5) is 2.17. The molecule has 1 rings (SSSR count). The van der Waals surface area contributed by atoms with E-state index in [1.54, 1.807) is 7.11 Å². The number of hydrogen-bond acceptors (Lipinski definition) is 3. The van der Waals surface area contributed by atoms with E-state index in [1.807, 2.05) is 6.07 Å². The van der Waals surface area contributed by atoms with E-state index in [4.69, 9.17) is 10.5 Å². The lowest BCUT2D eigenvalue weighted by molar-refractivity contribution is 0.204. The van der Waals surface area contributed by atoms with Crippen LogP contribution in [0.1, 0.15) is 36.6 Å². The number of nitrogens with two attached hydrogens (primary N) is 1. The largest absolute Gasteiger partial charge is 0.496 e. The number of ether oxygens (including phenoxy) is 1. The van der Waals surface area contributed by atoms with Gasteiger partial charge < -0.3 is 15.4 Å². The minimum absolute atomic E-state index is 0.183. The standard InChI is InChI=1S/C15H26N2O/c1-10-11(2)13(18-7)9-8-12(10)14(17(5)6)15(3,4)16/h8-9,14H,16H2,1-7H3. The summed E-state index contributed by atoms with van der Waals surface area (Å²) in [6, 6.07) is 4.34. The van der Waals surface area contributed by atoms with Crippen molar-refractivity contribution in [2.24, 2.45) is 5.73 Å². The summed E-state index contributed by atoms with van der Waals surface area (Å²) < 4.78 is 5.36. The van der Waals surface area contributed by atoms with Gasteiger partial charge in [-0.2, -0.15) is 0 Å². The minimum Gasteiger partial charge on any atom is -0.496 e. The van der Waals surface area contributed by atoms with Crippen LogP contribution in [0.4, 0.5) is 0 Å². The van der Waals surface area contributed by atoms with E-state index in [2.05, 4.69) is 52.8 Å². The monoisotopic (exact) mass is 250 g/mol. The Morgan fingerprint density at radius 1 is 1.17 bits per heavy atom. The molecule has 0 saturated heterocycles. The van der Waals surface area contributed by atoms with Crippen LogP contribution in [0.25, 0.3) is 0 Å². The first-order valence-corrected chi connectivity index (χ1v) is 6.29. The summed E-state index contributed by atoms with van der Waals surface area (Å²) in [6.07, 6.45) is 0. The lowest BCUT2D eigenvalue weighted by atomic mass is 9.85. The molecular weight excluding hydrogens is 224 g/mol. The number of rotatable bonds is 4. The summed E-state index contributed by atoms with van der Waals surface area (Å²) in [5.74, 6) is 0.934. The summed E-state index contributed by atoms with van der Waals surface area (Å²) in [7, 11) is 5.84. The van der Waals surface area contributed by atoms with Gasteiger partial charge in [-0.25, -0.2) is 0 Å². The van der Waals surface area contributed by atoms with Crippen LogP contribution in [-0.4, -0.2) is 31.6 Å². The fraction of sp³-hybridized carbons (Fsp3) is 0.600. The van der Waals surface area contributed by atoms with Crippen LogP contribution in [0.15, 0.2) is 12.1 Å². The molecular formula is C15H26N2O. The first-order valence-electron chi connectivity index (χ1n) is 6.29. The molecule has 1 aromatic carbocycles. The first-order chi connectivity index (χ1) is 8.20. The Kier molecular flexibility index (Phi) is 4.41. The molecule has 1 aromatic rings. The Hall–Kier alpha value is -1.06. The molecule has 1 atom stereocenters. The Morgan fingerprint density at radius 2 is 1.72 bits per heavy atom. The third kappa shape index (κ3) is 2.85. The topological polar surface area (TPSA) is 38.5 Å². The Bertz CT molecular complexity index is 419. The summed E-state index contributed by atoms with van der Waals surface area (Å²) in [6.45, 7) is 8.36. The smallest absolute Gasteiger partial charge is 0.122 e. The van der Waals surface area contributed by atoms with Crippen LogP contribution in [0, 0.1) is 13.8 Å². The van der Waals surface area contributed by atoms with E-state index in [9.17, 15) is 0 Å². The van der Waals surface area contributed by atoms with Gasteiger partial charge in [-0.1, -0.05) is 6.07 Å². The van der Waals surface area contributed by atoms with Gasteiger partial charge in [0.2, 0.25) is 0 Å². The molecule has 0 aromatic heterocycles. The molecule has 3 nitrogen and oxygen atoms in total. The molecule has 0 radical (unpaired) electrons. The lowest BCUT2D eigenvalue weighted by Gasteiger charge is -2.37. The maximum absolute atomic E-state index is 6.33. The number of likely N-dealkylation sites (N-methyl/N-ethyl adjacent to an activating group) is 1. The number of nitrogens with zero attached hydrogens (tertiary/aromatic N) is 1. The van der Waals surface area contributed by atoms with E-state index in [-0.39, 0.29) is 11.6 Å². The van der Waals surface area contributed by atoms with Gasteiger partial charge >= 0.3 is 0 Å². The van der Waals surface area contributed by atoms with Crippen molar-refractivity contribution in [3.05, 3.63) is 28.8 Å². The van der Waals surface area contributed by atoms with Gasteiger partial charge in [-0.3, -0.25) is 0 Å². The predicted octanol–water partition coefficient (Wildman–Crippen LogP) is 2.65. The van der Waals surface area contributed by atoms with Crippen molar-refractivity contribution in [2.45, 2.75) is 39.3 Å². The molecule has 0 aliphatic heterocycles. The highest BCUT2D eigenvalue weighted by Crippen LogP contribution is 2.34. The Labute approximate surface area is 111 Å². The van der Waals surface area contributed by atoms with Gasteiger partial charge in [0.1, 0.15) is 5.75 Å². The predicted molar refractivity (Wildman–Crippen MR) is 77.2 cm³/mol. The number of benzene rings is 1. The van der Waals surface area contributed by atoms with Crippen LogP contribution in [0.3, 0.4) is 0 Å². The molecule has 102 valence electrons. The van der Waals surface area contributed by atoms with Crippen molar-refractivity contribution < 1.29 is 4.74 Å². The average Bonchev–Trinajstić information content (AvgIpc) is 2.22. The Balaban J connectivity index is 3.35. The Morgan fingerprint density at radius 3 is 2.11 bits per heavy atom. The quantitative estimate of drug-likeness (QED) is 0.893. The van der Waals surface area contributed by atoms with Gasteiger partial charge in [0, 0.05) is 5.54 Å². The zero-order valence-electron chi connectivity index (χ0n) is 12.7. The highest BCUT2D eigenvalue weighted by Gasteiger charge is 2.30. The van der Waals surface area contributed by atoms with Gasteiger partial charge in [-0.05, 0) is 64.5 Å². The number of methoxy groups -OCH3 is 1. The lowest BCUT2D eigenvalue weighted by Crippen LogP contribution is -2.46. The third-order valence-corrected chi connectivity index (χ3v) is 3.52. The van der Waals surface area contributed by atoms with Gasteiger partial charge in [0.05, 0.1) is 13.2 Å². The second kappa shape index (κ2) is 5.29. The summed E-state index contributed by atoms with van der Waals surface area (Å²) >= 11 is 0. The van der Waals surface area contributed by atoms with Gasteiger partial charge in [0.15, 0.2) is 0 Å². The fourth-order valence-corrected chi connectivity index (χ4v) is 2.68. The molecule has 0 heterocycles. The number of hydrogen-bond donors (Lipinski definition) is 1. The highest BCUT2D eigenvalue weighted by atomic mass is 16.5. The van der Waals surface area contributed by atoms with E-state index in [1.165, 1.54) is 16.7 Å². The van der Waals surface area contributed by atoms with Crippen molar-refractivity contribution in [3.63, 3.8) is 0 Å². The molecule has 0 bridgehead atoms. The molecule has 0 fully saturated rings. The second-order valence-electron chi connectivity index (χ2n) is 5.79. The van der Waals surface area contributed by atoms with Gasteiger partial charge in [0.25, 0.3) is 0 Å². The summed E-state index contributed by atoms with van der Waals surface area (Å²) in [5, 5.41) is 0. The van der Waals surface area contributed by atoms with Crippen molar-refractivity contribution in [1.29, 1.82) is 0 Å². The van der Waals surface area contributed by atoms with Crippen LogP contribution in [-0.2, 0) is 0 Å². The maximum atomic E-state index is 6.33. The summed E-state index contributed by atoms with van der Waals surface area (Å²) in [5.41, 5.74) is 9.74. The molecule has 3 heteroatoms. The zero-order chi connectivity index (χ0) is 14.1. The normalized spacial score (nSPS) is 13.8. The molecule has 1 unspecified atom stereocenters. The van der Waals surface area contributed by atoms with Gasteiger partial charge in [-0.15, -0.1) is 0 Å². The van der Waals surface area contributed by atoms with Crippen molar-refractivity contribution in [1.82, 2.24) is 4.90 Å². The molecule has 0 saturated carbocycles. The molecule has 0 spiro atoms. The maximum Gasteiger partial charge on any atom is 0.122 e. The average molecular weight is 250 g/mol.